The van der Waals surface area contributed by atoms with Crippen molar-refractivity contribution in [1.82, 2.24) is 4.31 Å². The molecule has 0 amide bonds. The summed E-state index contributed by atoms with van der Waals surface area (Å²) in [7, 11) is -2.24. The average Bonchev–Trinajstić information content (AvgIpc) is 2.40. The van der Waals surface area contributed by atoms with E-state index in [4.69, 9.17) is 17.3 Å². The summed E-state index contributed by atoms with van der Waals surface area (Å²) in [6.45, 7) is 0.236. The summed E-state index contributed by atoms with van der Waals surface area (Å²) in [6.07, 6.45) is 0. The molecule has 0 aromatic heterocycles. The molecule has 0 aliphatic heterocycles. The van der Waals surface area contributed by atoms with Crippen molar-refractivity contribution in [3.05, 3.63) is 57.5 Å². The molecule has 112 valence electrons. The van der Waals surface area contributed by atoms with Crippen LogP contribution in [0.25, 0.3) is 0 Å². The van der Waals surface area contributed by atoms with Gasteiger partial charge in [0.15, 0.2) is 0 Å². The molecule has 0 spiro atoms. The molecule has 0 radical (unpaired) electrons. The molecule has 0 aliphatic rings. The van der Waals surface area contributed by atoms with Crippen LogP contribution in [0.1, 0.15) is 5.56 Å². The van der Waals surface area contributed by atoms with E-state index < -0.39 is 10.0 Å². The second-order valence-electron chi connectivity index (χ2n) is 4.55. The molecule has 2 rings (SSSR count). The number of hydrogen-bond acceptors (Lipinski definition) is 3. The Balaban J connectivity index is 2.33. The Morgan fingerprint density at radius 1 is 1.19 bits per heavy atom. The van der Waals surface area contributed by atoms with E-state index in [0.717, 1.165) is 10.0 Å². The van der Waals surface area contributed by atoms with Gasteiger partial charge in [-0.25, -0.2) is 8.42 Å². The third-order valence-corrected chi connectivity index (χ3v) is 5.86. The van der Waals surface area contributed by atoms with E-state index in [1.165, 1.54) is 23.5 Å². The molecule has 2 aromatic rings. The van der Waals surface area contributed by atoms with E-state index in [9.17, 15) is 8.42 Å². The van der Waals surface area contributed by atoms with Gasteiger partial charge >= 0.3 is 0 Å². The SMILES string of the molecule is CN(Cc1ccc(Br)cc1)S(=O)(=O)c1c(N)cccc1Cl. The number of hydrogen-bond donors (Lipinski definition) is 1. The van der Waals surface area contributed by atoms with Gasteiger partial charge in [0.1, 0.15) is 4.90 Å². The minimum atomic E-state index is -3.74. The number of nitrogens with zero attached hydrogens (tertiary/aromatic N) is 1. The molecule has 0 aliphatic carbocycles. The van der Waals surface area contributed by atoms with E-state index >= 15 is 0 Å². The first-order valence-corrected chi connectivity index (χ1v) is 8.68. The Bertz CT molecular complexity index is 728. The van der Waals surface area contributed by atoms with Crippen LogP contribution >= 0.6 is 27.5 Å². The zero-order chi connectivity index (χ0) is 15.6. The topological polar surface area (TPSA) is 63.4 Å². The summed E-state index contributed by atoms with van der Waals surface area (Å²) in [5.74, 6) is 0. The van der Waals surface area contributed by atoms with Gasteiger partial charge in [-0.2, -0.15) is 4.31 Å². The van der Waals surface area contributed by atoms with Crippen molar-refractivity contribution in [3.8, 4) is 0 Å². The van der Waals surface area contributed by atoms with Gasteiger partial charge < -0.3 is 5.73 Å². The fraction of sp³-hybridized carbons (Fsp3) is 0.143. The zero-order valence-electron chi connectivity index (χ0n) is 11.3. The van der Waals surface area contributed by atoms with Crippen LogP contribution in [0.2, 0.25) is 5.02 Å². The lowest BCUT2D eigenvalue weighted by Gasteiger charge is -2.19. The minimum absolute atomic E-state index is 0.0497. The Kier molecular flexibility index (Phi) is 4.93. The maximum Gasteiger partial charge on any atom is 0.246 e. The van der Waals surface area contributed by atoms with Crippen molar-refractivity contribution >= 4 is 43.2 Å². The number of rotatable bonds is 4. The van der Waals surface area contributed by atoms with Gasteiger partial charge in [0.25, 0.3) is 0 Å². The lowest BCUT2D eigenvalue weighted by atomic mass is 10.2. The van der Waals surface area contributed by atoms with Crippen molar-refractivity contribution in [1.29, 1.82) is 0 Å². The van der Waals surface area contributed by atoms with E-state index in [-0.39, 0.29) is 22.2 Å². The monoisotopic (exact) mass is 388 g/mol. The largest absolute Gasteiger partial charge is 0.398 e. The molecular formula is C14H14BrClN2O2S. The molecule has 0 heterocycles. The quantitative estimate of drug-likeness (QED) is 0.814. The first-order valence-electron chi connectivity index (χ1n) is 6.07. The summed E-state index contributed by atoms with van der Waals surface area (Å²) in [6, 6.07) is 12.1. The molecule has 0 fully saturated rings. The Labute approximate surface area is 137 Å². The van der Waals surface area contributed by atoms with Crippen LogP contribution in [0.4, 0.5) is 5.69 Å². The standard InChI is InChI=1S/C14H14BrClN2O2S/c1-18(9-10-5-7-11(15)8-6-10)21(19,20)14-12(16)3-2-4-13(14)17/h2-8H,9,17H2,1H3. The Morgan fingerprint density at radius 2 is 1.81 bits per heavy atom. The number of nitrogens with two attached hydrogens (primary N) is 1. The predicted molar refractivity (Wildman–Crippen MR) is 88.7 cm³/mol. The molecule has 0 saturated carbocycles. The van der Waals surface area contributed by atoms with Crippen LogP contribution in [-0.4, -0.2) is 19.8 Å². The summed E-state index contributed by atoms with van der Waals surface area (Å²) < 4.78 is 27.4. The highest BCUT2D eigenvalue weighted by atomic mass is 79.9. The lowest BCUT2D eigenvalue weighted by Crippen LogP contribution is -2.27. The molecule has 0 saturated heterocycles. The van der Waals surface area contributed by atoms with Gasteiger partial charge in [0.05, 0.1) is 10.7 Å². The minimum Gasteiger partial charge on any atom is -0.398 e. The highest BCUT2D eigenvalue weighted by Crippen LogP contribution is 2.30. The first-order chi connectivity index (χ1) is 9.82. The van der Waals surface area contributed by atoms with Gasteiger partial charge in [-0.1, -0.05) is 45.7 Å². The van der Waals surface area contributed by atoms with Crippen LogP contribution < -0.4 is 5.73 Å². The van der Waals surface area contributed by atoms with Gasteiger partial charge in [0, 0.05) is 18.1 Å². The summed E-state index contributed by atoms with van der Waals surface area (Å²) in [5, 5.41) is 0.123. The highest BCUT2D eigenvalue weighted by molar-refractivity contribution is 9.10. The smallest absolute Gasteiger partial charge is 0.246 e. The number of benzene rings is 2. The summed E-state index contributed by atoms with van der Waals surface area (Å²) in [5.41, 5.74) is 6.78. The van der Waals surface area contributed by atoms with Crippen LogP contribution in [0, 0.1) is 0 Å². The van der Waals surface area contributed by atoms with E-state index in [0.29, 0.717) is 0 Å². The van der Waals surface area contributed by atoms with Crippen LogP contribution in [0.3, 0.4) is 0 Å². The summed E-state index contributed by atoms with van der Waals surface area (Å²) >= 11 is 9.33. The zero-order valence-corrected chi connectivity index (χ0v) is 14.4. The van der Waals surface area contributed by atoms with Gasteiger partial charge in [-0.05, 0) is 29.8 Å². The number of nitrogen functional groups attached to an aromatic ring is 1. The maximum atomic E-state index is 12.6. The molecule has 0 atom stereocenters. The van der Waals surface area contributed by atoms with Crippen molar-refractivity contribution in [2.45, 2.75) is 11.4 Å². The molecule has 2 aromatic carbocycles. The van der Waals surface area contributed by atoms with E-state index in [1.54, 1.807) is 6.07 Å². The van der Waals surface area contributed by atoms with Crippen LogP contribution in [-0.2, 0) is 16.6 Å². The summed E-state index contributed by atoms with van der Waals surface area (Å²) in [4.78, 5) is -0.0497. The Morgan fingerprint density at radius 3 is 2.38 bits per heavy atom. The Hall–Kier alpha value is -1.08. The first kappa shape index (κ1) is 16.3. The molecule has 21 heavy (non-hydrogen) atoms. The van der Waals surface area contributed by atoms with Gasteiger partial charge in [0.2, 0.25) is 10.0 Å². The van der Waals surface area contributed by atoms with Crippen molar-refractivity contribution < 1.29 is 8.42 Å². The number of anilines is 1. The molecular weight excluding hydrogens is 376 g/mol. The molecule has 0 bridgehead atoms. The molecule has 4 nitrogen and oxygen atoms in total. The van der Waals surface area contributed by atoms with Crippen LogP contribution in [0.5, 0.6) is 0 Å². The average molecular weight is 390 g/mol. The third-order valence-electron chi connectivity index (χ3n) is 2.98. The highest BCUT2D eigenvalue weighted by Gasteiger charge is 2.26. The van der Waals surface area contributed by atoms with Crippen LogP contribution in [0.15, 0.2) is 51.8 Å². The predicted octanol–water partition coefficient (Wildman–Crippen LogP) is 3.51. The normalized spacial score (nSPS) is 11.8. The van der Waals surface area contributed by atoms with Crippen molar-refractivity contribution in [3.63, 3.8) is 0 Å². The third kappa shape index (κ3) is 3.58. The van der Waals surface area contributed by atoms with Crippen molar-refractivity contribution in [2.75, 3.05) is 12.8 Å². The fourth-order valence-corrected chi connectivity index (χ4v) is 3.94. The lowest BCUT2D eigenvalue weighted by molar-refractivity contribution is 0.467. The van der Waals surface area contributed by atoms with Crippen molar-refractivity contribution in [2.24, 2.45) is 0 Å². The molecule has 7 heteroatoms. The van der Waals surface area contributed by atoms with E-state index in [2.05, 4.69) is 15.9 Å². The fourth-order valence-electron chi connectivity index (χ4n) is 1.89. The maximum absolute atomic E-state index is 12.6. The van der Waals surface area contributed by atoms with E-state index in [1.807, 2.05) is 24.3 Å². The van der Waals surface area contributed by atoms with Gasteiger partial charge in [-0.15, -0.1) is 0 Å². The molecule has 2 N–H and O–H groups in total. The van der Waals surface area contributed by atoms with Gasteiger partial charge in [-0.3, -0.25) is 0 Å². The molecule has 0 unspecified atom stereocenters. The number of sulfonamides is 1. The second-order valence-corrected chi connectivity index (χ2v) is 7.85. The second kappa shape index (κ2) is 6.36. The number of halogens is 2.